The van der Waals surface area contributed by atoms with Gasteiger partial charge >= 0.3 is 18.0 Å². The Labute approximate surface area is 92.9 Å². The van der Waals surface area contributed by atoms with Crippen LogP contribution in [-0.2, 0) is 19.1 Å². The molecule has 1 aliphatic rings. The van der Waals surface area contributed by atoms with Crippen LogP contribution in [0, 0.1) is 0 Å². The van der Waals surface area contributed by atoms with E-state index < -0.39 is 24.4 Å². The molecule has 0 aromatic carbocycles. The summed E-state index contributed by atoms with van der Waals surface area (Å²) in [7, 11) is 2.94. The van der Waals surface area contributed by atoms with Crippen LogP contribution in [0.5, 0.6) is 0 Å². The van der Waals surface area contributed by atoms with Crippen LogP contribution in [0.4, 0.5) is 4.79 Å². The minimum atomic E-state index is -0.904. The van der Waals surface area contributed by atoms with E-state index in [-0.39, 0.29) is 6.03 Å². The molecule has 0 unspecified atom stereocenters. The van der Waals surface area contributed by atoms with Crippen molar-refractivity contribution in [2.75, 3.05) is 14.1 Å². The second kappa shape index (κ2) is 4.38. The number of amides is 2. The Kier molecular flexibility index (Phi) is 3.36. The number of ether oxygens (including phenoxy) is 2. The number of esters is 2. The van der Waals surface area contributed by atoms with E-state index in [0.29, 0.717) is 0 Å². The number of hydrogen-bond acceptors (Lipinski definition) is 5. The first kappa shape index (κ1) is 12.3. The zero-order valence-corrected chi connectivity index (χ0v) is 9.59. The van der Waals surface area contributed by atoms with E-state index in [1.165, 1.54) is 37.7 Å². The third kappa shape index (κ3) is 2.23. The maximum Gasteiger partial charge on any atom is 0.325 e. The van der Waals surface area contributed by atoms with Gasteiger partial charge in [-0.1, -0.05) is 0 Å². The number of carbonyl (C=O) groups is 3. The fraction of sp³-hybridized carbons (Fsp3) is 0.667. The molecule has 2 atom stereocenters. The fourth-order valence-corrected chi connectivity index (χ4v) is 1.46. The molecule has 0 aromatic heterocycles. The number of hydrogen-bond donors (Lipinski definition) is 0. The highest BCUT2D eigenvalue weighted by atomic mass is 16.6. The number of nitrogens with zero attached hydrogens (tertiary/aromatic N) is 2. The molecule has 0 bridgehead atoms. The molecule has 1 fully saturated rings. The predicted octanol–water partition coefficient (Wildman–Crippen LogP) is -0.238. The third-order valence-corrected chi connectivity index (χ3v) is 2.18. The predicted molar refractivity (Wildman–Crippen MR) is 52.0 cm³/mol. The SMILES string of the molecule is CC(=O)O[C@H]1[C@H](OC(C)=O)N(C)C(=O)N1C. The average Bonchev–Trinajstić information content (AvgIpc) is 2.34. The normalized spacial score (nSPS) is 24.6. The van der Waals surface area contributed by atoms with Crippen molar-refractivity contribution in [1.29, 1.82) is 0 Å². The van der Waals surface area contributed by atoms with Gasteiger partial charge in [0.15, 0.2) is 0 Å². The summed E-state index contributed by atoms with van der Waals surface area (Å²) in [5.41, 5.74) is 0. The summed E-state index contributed by atoms with van der Waals surface area (Å²) in [4.78, 5) is 35.7. The molecule has 0 N–H and O–H groups in total. The summed E-state index contributed by atoms with van der Waals surface area (Å²) in [5, 5.41) is 0. The van der Waals surface area contributed by atoms with E-state index in [4.69, 9.17) is 9.47 Å². The van der Waals surface area contributed by atoms with Crippen LogP contribution < -0.4 is 0 Å². The van der Waals surface area contributed by atoms with Gasteiger partial charge in [-0.15, -0.1) is 0 Å². The summed E-state index contributed by atoms with van der Waals surface area (Å²) >= 11 is 0. The first-order chi connectivity index (χ1) is 7.34. The van der Waals surface area contributed by atoms with Gasteiger partial charge in [0.25, 0.3) is 0 Å². The molecular weight excluding hydrogens is 216 g/mol. The Bertz CT molecular complexity index is 300. The Morgan fingerprint density at radius 2 is 1.31 bits per heavy atom. The molecule has 1 aliphatic heterocycles. The molecule has 0 aliphatic carbocycles. The van der Waals surface area contributed by atoms with Crippen molar-refractivity contribution in [2.45, 2.75) is 26.3 Å². The molecule has 1 heterocycles. The van der Waals surface area contributed by atoms with Crippen LogP contribution >= 0.6 is 0 Å². The highest BCUT2D eigenvalue weighted by molar-refractivity contribution is 5.78. The quantitative estimate of drug-likeness (QED) is 0.612. The van der Waals surface area contributed by atoms with Crippen LogP contribution in [0.25, 0.3) is 0 Å². The number of urea groups is 1. The minimum Gasteiger partial charge on any atom is -0.435 e. The van der Waals surface area contributed by atoms with Gasteiger partial charge < -0.3 is 9.47 Å². The number of carbonyl (C=O) groups excluding carboxylic acids is 3. The van der Waals surface area contributed by atoms with Crippen LogP contribution in [0.15, 0.2) is 0 Å². The monoisotopic (exact) mass is 230 g/mol. The lowest BCUT2D eigenvalue weighted by molar-refractivity contribution is -0.178. The molecule has 0 aromatic rings. The van der Waals surface area contributed by atoms with Crippen molar-refractivity contribution in [3.8, 4) is 0 Å². The molecule has 7 nitrogen and oxygen atoms in total. The van der Waals surface area contributed by atoms with Crippen molar-refractivity contribution < 1.29 is 23.9 Å². The maximum atomic E-state index is 11.6. The smallest absolute Gasteiger partial charge is 0.325 e. The van der Waals surface area contributed by atoms with E-state index in [9.17, 15) is 14.4 Å². The summed E-state index contributed by atoms with van der Waals surface area (Å²) < 4.78 is 9.85. The lowest BCUT2D eigenvalue weighted by atomic mass is 10.4. The van der Waals surface area contributed by atoms with Gasteiger partial charge in [0.1, 0.15) is 0 Å². The topological polar surface area (TPSA) is 76.1 Å². The van der Waals surface area contributed by atoms with Crippen molar-refractivity contribution >= 4 is 18.0 Å². The van der Waals surface area contributed by atoms with Gasteiger partial charge in [0, 0.05) is 27.9 Å². The highest BCUT2D eigenvalue weighted by Gasteiger charge is 2.46. The second-order valence-electron chi connectivity index (χ2n) is 3.50. The number of likely N-dealkylation sites (N-methyl/N-ethyl adjacent to an activating group) is 2. The van der Waals surface area contributed by atoms with Gasteiger partial charge in [0.05, 0.1) is 0 Å². The van der Waals surface area contributed by atoms with Crippen molar-refractivity contribution in [2.24, 2.45) is 0 Å². The Hall–Kier alpha value is -1.79. The molecular formula is C9H14N2O5. The van der Waals surface area contributed by atoms with E-state index in [1.807, 2.05) is 0 Å². The molecule has 90 valence electrons. The molecule has 7 heteroatoms. The highest BCUT2D eigenvalue weighted by Crippen LogP contribution is 2.22. The summed E-state index contributed by atoms with van der Waals surface area (Å²) in [5.74, 6) is -1.09. The van der Waals surface area contributed by atoms with Crippen LogP contribution in [-0.4, -0.2) is 54.3 Å². The van der Waals surface area contributed by atoms with Crippen molar-refractivity contribution in [3.63, 3.8) is 0 Å². The van der Waals surface area contributed by atoms with Crippen molar-refractivity contribution in [1.82, 2.24) is 9.80 Å². The molecule has 16 heavy (non-hydrogen) atoms. The van der Waals surface area contributed by atoms with Crippen molar-refractivity contribution in [3.05, 3.63) is 0 Å². The zero-order valence-electron chi connectivity index (χ0n) is 9.59. The largest absolute Gasteiger partial charge is 0.435 e. The van der Waals surface area contributed by atoms with E-state index >= 15 is 0 Å². The molecule has 0 radical (unpaired) electrons. The second-order valence-corrected chi connectivity index (χ2v) is 3.50. The van der Waals surface area contributed by atoms with Gasteiger partial charge in [-0.2, -0.15) is 0 Å². The van der Waals surface area contributed by atoms with Crippen LogP contribution in [0.3, 0.4) is 0 Å². The zero-order chi connectivity index (χ0) is 12.5. The first-order valence-electron chi connectivity index (χ1n) is 4.68. The lowest BCUT2D eigenvalue weighted by Crippen LogP contribution is -2.41. The Balaban J connectivity index is 2.87. The summed E-state index contributed by atoms with van der Waals surface area (Å²) in [6.45, 7) is 2.45. The minimum absolute atomic E-state index is 0.377. The van der Waals surface area contributed by atoms with E-state index in [2.05, 4.69) is 0 Å². The molecule has 2 amide bonds. The third-order valence-electron chi connectivity index (χ3n) is 2.18. The van der Waals surface area contributed by atoms with E-state index in [1.54, 1.807) is 0 Å². The Morgan fingerprint density at radius 1 is 1.00 bits per heavy atom. The summed E-state index contributed by atoms with van der Waals surface area (Å²) in [6.07, 6.45) is -1.81. The van der Waals surface area contributed by atoms with Gasteiger partial charge in [-0.05, 0) is 0 Å². The lowest BCUT2D eigenvalue weighted by Gasteiger charge is -2.23. The van der Waals surface area contributed by atoms with Crippen LogP contribution in [0.1, 0.15) is 13.8 Å². The summed E-state index contributed by atoms with van der Waals surface area (Å²) in [6, 6.07) is -0.377. The molecule has 1 saturated heterocycles. The molecule has 0 spiro atoms. The Morgan fingerprint density at radius 3 is 1.56 bits per heavy atom. The van der Waals surface area contributed by atoms with Gasteiger partial charge in [-0.3, -0.25) is 19.4 Å². The number of rotatable bonds is 2. The van der Waals surface area contributed by atoms with E-state index in [0.717, 1.165) is 0 Å². The molecule has 1 rings (SSSR count). The fourth-order valence-electron chi connectivity index (χ4n) is 1.46. The van der Waals surface area contributed by atoms with Crippen LogP contribution in [0.2, 0.25) is 0 Å². The van der Waals surface area contributed by atoms with Gasteiger partial charge in [0.2, 0.25) is 12.5 Å². The standard InChI is InChI=1S/C9H14N2O5/c1-5(12)15-7-8(16-6(2)13)11(4)9(14)10(7)3/h7-8H,1-4H3/t7-,8-/m0/s1. The first-order valence-corrected chi connectivity index (χ1v) is 4.68. The maximum absolute atomic E-state index is 11.6. The van der Waals surface area contributed by atoms with Gasteiger partial charge in [-0.25, -0.2) is 4.79 Å². The average molecular weight is 230 g/mol. The molecule has 0 saturated carbocycles.